The van der Waals surface area contributed by atoms with Crippen molar-refractivity contribution in [1.29, 1.82) is 0 Å². The highest BCUT2D eigenvalue weighted by molar-refractivity contribution is 5.33. The Labute approximate surface area is 98.3 Å². The minimum Gasteiger partial charge on any atom is -0.361 e. The Balaban J connectivity index is 2.35. The van der Waals surface area contributed by atoms with Crippen LogP contribution in [-0.2, 0) is 13.6 Å². The highest BCUT2D eigenvalue weighted by Gasteiger charge is 2.06. The second-order valence-corrected chi connectivity index (χ2v) is 3.94. The summed E-state index contributed by atoms with van der Waals surface area (Å²) in [6.45, 7) is 0.316. The van der Waals surface area contributed by atoms with Gasteiger partial charge in [-0.2, -0.15) is 5.10 Å². The second-order valence-electron chi connectivity index (χ2n) is 3.94. The Morgan fingerprint density at radius 1 is 1.35 bits per heavy atom. The minimum atomic E-state index is -0.154. The second kappa shape index (κ2) is 4.36. The van der Waals surface area contributed by atoms with Crippen LogP contribution < -0.4 is 10.5 Å². The van der Waals surface area contributed by atoms with Crippen LogP contribution in [0.2, 0.25) is 0 Å². The number of hydrogen-bond acceptors (Lipinski definition) is 5. The monoisotopic (exact) mass is 234 g/mol. The van der Waals surface area contributed by atoms with Gasteiger partial charge in [0, 0.05) is 27.2 Å². The number of aryl methyl sites for hydroxylation is 1. The maximum absolute atomic E-state index is 11.7. The number of nitrogens with zero attached hydrogens (tertiary/aromatic N) is 6. The first kappa shape index (κ1) is 11.3. The minimum absolute atomic E-state index is 0.154. The normalized spacial score (nSPS) is 10.5. The van der Waals surface area contributed by atoms with Crippen molar-refractivity contribution in [3.8, 4) is 0 Å². The van der Waals surface area contributed by atoms with E-state index in [0.717, 1.165) is 5.82 Å². The van der Waals surface area contributed by atoms with Crippen LogP contribution in [0, 0.1) is 0 Å². The van der Waals surface area contributed by atoms with Gasteiger partial charge < -0.3 is 9.47 Å². The van der Waals surface area contributed by atoms with Crippen LogP contribution in [0.5, 0.6) is 0 Å². The van der Waals surface area contributed by atoms with Gasteiger partial charge in [-0.3, -0.25) is 4.79 Å². The van der Waals surface area contributed by atoms with Crippen LogP contribution in [0.4, 0.5) is 5.82 Å². The molecular formula is C10H14N6O. The molecular weight excluding hydrogens is 220 g/mol. The lowest BCUT2D eigenvalue weighted by molar-refractivity contribution is 0.594. The van der Waals surface area contributed by atoms with Gasteiger partial charge in [-0.05, 0) is 6.07 Å². The predicted molar refractivity (Wildman–Crippen MR) is 62.9 cm³/mol. The van der Waals surface area contributed by atoms with Gasteiger partial charge in [0.25, 0.3) is 5.56 Å². The van der Waals surface area contributed by atoms with Gasteiger partial charge in [0.05, 0.1) is 0 Å². The molecule has 0 saturated carbocycles. The maximum atomic E-state index is 11.7. The Morgan fingerprint density at radius 3 is 2.71 bits per heavy atom. The third-order valence-corrected chi connectivity index (χ3v) is 2.41. The number of rotatable bonds is 3. The van der Waals surface area contributed by atoms with E-state index in [2.05, 4.69) is 15.3 Å². The smallest absolute Gasteiger partial charge is 0.267 e. The van der Waals surface area contributed by atoms with E-state index in [-0.39, 0.29) is 5.56 Å². The summed E-state index contributed by atoms with van der Waals surface area (Å²) < 4.78 is 3.13. The fourth-order valence-corrected chi connectivity index (χ4v) is 1.37. The van der Waals surface area contributed by atoms with Crippen LogP contribution in [0.1, 0.15) is 5.82 Å². The average molecular weight is 234 g/mol. The Kier molecular flexibility index (Phi) is 2.90. The highest BCUT2D eigenvalue weighted by Crippen LogP contribution is 2.02. The van der Waals surface area contributed by atoms with Gasteiger partial charge in [0.2, 0.25) is 0 Å². The van der Waals surface area contributed by atoms with Crippen LogP contribution in [0.15, 0.2) is 23.3 Å². The van der Waals surface area contributed by atoms with Crippen molar-refractivity contribution in [3.63, 3.8) is 0 Å². The SMILES string of the molecule is CN(C)c1ccc(=O)n(Cc2nncn2C)n1. The van der Waals surface area contributed by atoms with E-state index in [4.69, 9.17) is 0 Å². The molecule has 2 rings (SSSR count). The summed E-state index contributed by atoms with van der Waals surface area (Å²) >= 11 is 0. The molecule has 0 saturated heterocycles. The quantitative estimate of drug-likeness (QED) is 0.715. The molecule has 0 aliphatic rings. The maximum Gasteiger partial charge on any atom is 0.267 e. The molecule has 0 bridgehead atoms. The van der Waals surface area contributed by atoms with E-state index in [9.17, 15) is 4.79 Å². The van der Waals surface area contributed by atoms with Gasteiger partial charge in [-0.25, -0.2) is 4.68 Å². The fraction of sp³-hybridized carbons (Fsp3) is 0.400. The zero-order valence-electron chi connectivity index (χ0n) is 10.0. The van der Waals surface area contributed by atoms with E-state index in [1.165, 1.54) is 10.7 Å². The number of aromatic nitrogens is 5. The molecule has 0 atom stereocenters. The highest BCUT2D eigenvalue weighted by atomic mass is 16.1. The van der Waals surface area contributed by atoms with E-state index in [0.29, 0.717) is 12.4 Å². The summed E-state index contributed by atoms with van der Waals surface area (Å²) in [5.74, 6) is 1.42. The van der Waals surface area contributed by atoms with E-state index < -0.39 is 0 Å². The molecule has 2 aromatic heterocycles. The molecule has 0 aliphatic carbocycles. The van der Waals surface area contributed by atoms with Crippen LogP contribution in [0.25, 0.3) is 0 Å². The molecule has 90 valence electrons. The lowest BCUT2D eigenvalue weighted by atomic mass is 10.5. The summed E-state index contributed by atoms with van der Waals surface area (Å²) in [6.07, 6.45) is 1.59. The van der Waals surface area contributed by atoms with Crippen LogP contribution in [-0.4, -0.2) is 38.6 Å². The molecule has 0 radical (unpaired) electrons. The van der Waals surface area contributed by atoms with Crippen LogP contribution in [0.3, 0.4) is 0 Å². The molecule has 0 fully saturated rings. The summed E-state index contributed by atoms with van der Waals surface area (Å²) in [7, 11) is 5.58. The number of anilines is 1. The first-order valence-corrected chi connectivity index (χ1v) is 5.16. The molecule has 2 heterocycles. The molecule has 0 aliphatic heterocycles. The van der Waals surface area contributed by atoms with Gasteiger partial charge in [0.15, 0.2) is 5.82 Å². The first-order chi connectivity index (χ1) is 8.08. The third-order valence-electron chi connectivity index (χ3n) is 2.41. The van der Waals surface area contributed by atoms with Crippen molar-refractivity contribution in [2.75, 3.05) is 19.0 Å². The van der Waals surface area contributed by atoms with Gasteiger partial charge in [-0.1, -0.05) is 0 Å². The first-order valence-electron chi connectivity index (χ1n) is 5.16. The van der Waals surface area contributed by atoms with E-state index in [1.807, 2.05) is 26.0 Å². The zero-order chi connectivity index (χ0) is 12.4. The number of hydrogen-bond donors (Lipinski definition) is 0. The molecule has 7 nitrogen and oxygen atoms in total. The Hall–Kier alpha value is -2.18. The van der Waals surface area contributed by atoms with Crippen molar-refractivity contribution in [1.82, 2.24) is 24.5 Å². The van der Waals surface area contributed by atoms with Crippen molar-refractivity contribution in [3.05, 3.63) is 34.6 Å². The standard InChI is InChI=1S/C10H14N6O/c1-14(2)8-4-5-10(17)16(13-8)6-9-12-11-7-15(9)3/h4-5,7H,6H2,1-3H3. The van der Waals surface area contributed by atoms with Gasteiger partial charge in [-0.15, -0.1) is 10.2 Å². The largest absolute Gasteiger partial charge is 0.361 e. The van der Waals surface area contributed by atoms with Crippen molar-refractivity contribution >= 4 is 5.82 Å². The van der Waals surface area contributed by atoms with Gasteiger partial charge >= 0.3 is 0 Å². The molecule has 0 N–H and O–H groups in total. The van der Waals surface area contributed by atoms with E-state index >= 15 is 0 Å². The third kappa shape index (κ3) is 2.32. The Bertz CT molecular complexity index is 570. The average Bonchev–Trinajstić information content (AvgIpc) is 2.67. The summed E-state index contributed by atoms with van der Waals surface area (Å²) in [6, 6.07) is 3.19. The van der Waals surface area contributed by atoms with Gasteiger partial charge in [0.1, 0.15) is 18.7 Å². The summed E-state index contributed by atoms with van der Waals surface area (Å²) in [5, 5.41) is 11.9. The molecule has 0 spiro atoms. The molecule has 17 heavy (non-hydrogen) atoms. The van der Waals surface area contributed by atoms with Crippen molar-refractivity contribution in [2.45, 2.75) is 6.54 Å². The predicted octanol–water partition coefficient (Wildman–Crippen LogP) is -0.514. The Morgan fingerprint density at radius 2 is 2.12 bits per heavy atom. The summed E-state index contributed by atoms with van der Waals surface area (Å²) in [4.78, 5) is 13.5. The van der Waals surface area contributed by atoms with Crippen LogP contribution >= 0.6 is 0 Å². The zero-order valence-corrected chi connectivity index (χ0v) is 10.0. The molecule has 7 heteroatoms. The summed E-state index contributed by atoms with van der Waals surface area (Å²) in [5.41, 5.74) is -0.154. The lowest BCUT2D eigenvalue weighted by Crippen LogP contribution is -2.26. The fourth-order valence-electron chi connectivity index (χ4n) is 1.37. The van der Waals surface area contributed by atoms with Crippen molar-refractivity contribution < 1.29 is 0 Å². The molecule has 0 unspecified atom stereocenters. The molecule has 0 amide bonds. The van der Waals surface area contributed by atoms with Crippen molar-refractivity contribution in [2.24, 2.45) is 7.05 Å². The molecule has 2 aromatic rings. The van der Waals surface area contributed by atoms with E-state index in [1.54, 1.807) is 17.0 Å². The molecule has 0 aromatic carbocycles. The topological polar surface area (TPSA) is 68.8 Å². The lowest BCUT2D eigenvalue weighted by Gasteiger charge is -2.12.